The first kappa shape index (κ1) is 45.6. The molecular weight excluding hydrogens is 924 g/mol. The zero-order chi connectivity index (χ0) is 49.6. The molecule has 0 aromatic heterocycles. The van der Waals surface area contributed by atoms with Crippen molar-refractivity contribution in [3.63, 3.8) is 0 Å². The molecule has 27 heteroatoms. The molecule has 3 aliphatic heterocycles. The summed E-state index contributed by atoms with van der Waals surface area (Å²) in [6.45, 7) is -1.28. The highest BCUT2D eigenvalue weighted by Gasteiger charge is 2.70. The third kappa shape index (κ3) is 7.18. The largest absolute Gasteiger partial charge is 0.504 e. The third-order valence-electron chi connectivity index (χ3n) is 10.9. The van der Waals surface area contributed by atoms with Gasteiger partial charge in [-0.25, -0.2) is 24.0 Å². The highest BCUT2D eigenvalue weighted by molar-refractivity contribution is 6.08. The summed E-state index contributed by atoms with van der Waals surface area (Å²) in [5, 5.41) is 146. The number of hydrogen-bond donors (Lipinski definition) is 14. The van der Waals surface area contributed by atoms with Gasteiger partial charge in [0.05, 0.1) is 33.7 Å². The van der Waals surface area contributed by atoms with Gasteiger partial charge in [0.2, 0.25) is 23.9 Å². The molecule has 8 rings (SSSR count). The van der Waals surface area contributed by atoms with Crippen molar-refractivity contribution in [3.8, 4) is 69.0 Å². The van der Waals surface area contributed by atoms with Crippen molar-refractivity contribution in [2.24, 2.45) is 0 Å². The Morgan fingerprint density at radius 1 is 0.574 bits per heavy atom. The number of ketones is 1. The van der Waals surface area contributed by atoms with Crippen molar-refractivity contribution in [2.45, 2.75) is 48.2 Å². The molecule has 356 valence electrons. The Balaban J connectivity index is 1.32. The van der Waals surface area contributed by atoms with Crippen molar-refractivity contribution in [3.05, 3.63) is 81.9 Å². The van der Waals surface area contributed by atoms with Crippen LogP contribution >= 0.6 is 0 Å². The number of carbonyl (C=O) groups is 6. The molecule has 4 aliphatic rings. The molecule has 14 N–H and O–H groups in total. The minimum absolute atomic E-state index is 0.258. The van der Waals surface area contributed by atoms with Crippen LogP contribution in [0.3, 0.4) is 0 Å². The molecule has 0 spiro atoms. The molecular formula is C41H30O27. The maximum Gasteiger partial charge on any atom is 0.340 e. The van der Waals surface area contributed by atoms with Crippen LogP contribution in [0.4, 0.5) is 0 Å². The second-order valence-electron chi connectivity index (χ2n) is 15.1. The number of phenols is 11. The zero-order valence-electron chi connectivity index (χ0n) is 33.4. The molecule has 1 fully saturated rings. The van der Waals surface area contributed by atoms with Crippen LogP contribution in [0.1, 0.15) is 52.9 Å². The summed E-state index contributed by atoms with van der Waals surface area (Å²) in [5.41, 5.74) is -5.56. The van der Waals surface area contributed by atoms with Crippen LogP contribution in [0.5, 0.6) is 69.0 Å². The first-order valence-corrected chi connectivity index (χ1v) is 19.0. The fraction of sp³-hybridized carbons (Fsp3) is 0.220. The monoisotopic (exact) mass is 954 g/mol. The van der Waals surface area contributed by atoms with E-state index in [-0.39, 0.29) is 6.08 Å². The number of aromatic hydroxyl groups is 11. The molecule has 4 aromatic rings. The topological polar surface area (TPSA) is 450 Å². The molecule has 0 radical (unpaired) electrons. The molecule has 27 nitrogen and oxygen atoms in total. The Kier molecular flexibility index (Phi) is 10.7. The Bertz CT molecular complexity index is 2870. The van der Waals surface area contributed by atoms with Gasteiger partial charge in [0.15, 0.2) is 75.5 Å². The molecule has 1 aliphatic carbocycles. The van der Waals surface area contributed by atoms with Gasteiger partial charge in [-0.3, -0.25) is 4.79 Å². The minimum atomic E-state index is -3.98. The predicted octanol–water partition coefficient (Wildman–Crippen LogP) is -1.08. The third-order valence-corrected chi connectivity index (χ3v) is 10.9. The highest BCUT2D eigenvalue weighted by Crippen LogP contribution is 2.58. The predicted molar refractivity (Wildman–Crippen MR) is 205 cm³/mol. The summed E-state index contributed by atoms with van der Waals surface area (Å²) in [7, 11) is 0. The number of hydrogen-bond acceptors (Lipinski definition) is 27. The number of benzene rings is 4. The van der Waals surface area contributed by atoms with Gasteiger partial charge < -0.3 is 105 Å². The van der Waals surface area contributed by atoms with Gasteiger partial charge >= 0.3 is 35.6 Å². The normalized spacial score (nSPS) is 24.5. The van der Waals surface area contributed by atoms with Gasteiger partial charge in [0.1, 0.15) is 12.7 Å². The average molecular weight is 955 g/mol. The Hall–Kier alpha value is -8.92. The fourth-order valence-corrected chi connectivity index (χ4v) is 7.59. The second kappa shape index (κ2) is 15.9. The summed E-state index contributed by atoms with van der Waals surface area (Å²) in [6, 6.07) is 3.80. The number of esters is 5. The van der Waals surface area contributed by atoms with E-state index in [2.05, 4.69) is 0 Å². The van der Waals surface area contributed by atoms with Crippen molar-refractivity contribution in [1.82, 2.24) is 0 Å². The van der Waals surface area contributed by atoms with Crippen LogP contribution in [-0.4, -0.2) is 156 Å². The van der Waals surface area contributed by atoms with Crippen LogP contribution in [0.15, 0.2) is 54.1 Å². The van der Waals surface area contributed by atoms with E-state index >= 15 is 0 Å². The van der Waals surface area contributed by atoms with Gasteiger partial charge in [-0.2, -0.15) is 0 Å². The molecule has 0 unspecified atom stereocenters. The van der Waals surface area contributed by atoms with Crippen molar-refractivity contribution >= 4 is 35.6 Å². The lowest BCUT2D eigenvalue weighted by molar-refractivity contribution is -0.339. The molecule has 7 atom stereocenters. The summed E-state index contributed by atoms with van der Waals surface area (Å²) < 4.78 is 38.6. The van der Waals surface area contributed by atoms with Gasteiger partial charge in [0.25, 0.3) is 5.79 Å². The number of rotatable bonds is 7. The van der Waals surface area contributed by atoms with E-state index in [0.717, 1.165) is 0 Å². The van der Waals surface area contributed by atoms with Crippen LogP contribution in [0.25, 0.3) is 0 Å². The van der Waals surface area contributed by atoms with E-state index in [1.54, 1.807) is 0 Å². The lowest BCUT2D eigenvalue weighted by Crippen LogP contribution is -2.70. The van der Waals surface area contributed by atoms with Crippen LogP contribution in [0, 0.1) is 0 Å². The van der Waals surface area contributed by atoms with E-state index in [9.17, 15) is 100 Å². The Morgan fingerprint density at radius 2 is 1.03 bits per heavy atom. The van der Waals surface area contributed by atoms with Crippen molar-refractivity contribution < 1.29 is 133 Å². The lowest BCUT2D eigenvalue weighted by atomic mass is 9.70. The smallest absolute Gasteiger partial charge is 0.340 e. The first-order valence-electron chi connectivity index (χ1n) is 19.0. The van der Waals surface area contributed by atoms with E-state index in [0.29, 0.717) is 42.5 Å². The van der Waals surface area contributed by atoms with E-state index < -0.39 is 193 Å². The molecule has 3 heterocycles. The van der Waals surface area contributed by atoms with Crippen LogP contribution in [-0.2, 0) is 38.0 Å². The number of ether oxygens (including phenoxy) is 7. The number of fused-ring (bicyclic) bond motifs is 3. The van der Waals surface area contributed by atoms with E-state index in [1.165, 1.54) is 0 Å². The standard InChI is InChI=1S/C41H30O27/c42-15-1-10(2-16(43)26(15)50)34(54)62-9-22-30-32(65-35(55)11-3-17(44)27(51)18(45)4-11)33(39(63-22)67-36(56)12-5-19(46)28(52)20(47)6-12)66-37(57)13-7-21(48)29(53)31-24(13)25-14(38(58)64-30)8-23(49)41(61,68-31)40(25,59)60/h1-8,22,25,30,32-33,39,42-48,50-53,59-61H,9H2/t22-,25+,30-,32+,33-,39+,41+/m1/s1. The van der Waals surface area contributed by atoms with Gasteiger partial charge in [-0.05, 0) is 48.5 Å². The summed E-state index contributed by atoms with van der Waals surface area (Å²) >= 11 is 0. The average Bonchev–Trinajstić information content (AvgIpc) is 3.28. The lowest BCUT2D eigenvalue weighted by Gasteiger charge is -2.49. The summed E-state index contributed by atoms with van der Waals surface area (Å²) in [4.78, 5) is 83.4. The van der Waals surface area contributed by atoms with Gasteiger partial charge in [-0.15, -0.1) is 0 Å². The van der Waals surface area contributed by atoms with Crippen LogP contribution < -0.4 is 4.74 Å². The second-order valence-corrected chi connectivity index (χ2v) is 15.1. The minimum Gasteiger partial charge on any atom is -0.504 e. The molecule has 4 bridgehead atoms. The maximum atomic E-state index is 14.5. The Labute approximate surface area is 374 Å². The fourth-order valence-electron chi connectivity index (χ4n) is 7.59. The van der Waals surface area contributed by atoms with E-state index in [4.69, 9.17) is 33.2 Å². The molecule has 0 saturated carbocycles. The molecule has 4 aromatic carbocycles. The first-order chi connectivity index (χ1) is 31.8. The Morgan fingerprint density at radius 3 is 1.54 bits per heavy atom. The zero-order valence-corrected chi connectivity index (χ0v) is 33.4. The highest BCUT2D eigenvalue weighted by atomic mass is 16.8. The van der Waals surface area contributed by atoms with Gasteiger partial charge in [0, 0.05) is 5.56 Å². The van der Waals surface area contributed by atoms with Crippen molar-refractivity contribution in [1.29, 1.82) is 0 Å². The maximum absolute atomic E-state index is 14.5. The van der Waals surface area contributed by atoms with Crippen LogP contribution in [0.2, 0.25) is 0 Å². The molecule has 1 saturated heterocycles. The quantitative estimate of drug-likeness (QED) is 0.0453. The van der Waals surface area contributed by atoms with E-state index in [1.807, 2.05) is 0 Å². The SMILES string of the molecule is O=C1O[C@H]2[C@H](OC(=O)c3cc(O)c(O)c(O)c3)[C@@H](OC(=O)c3cc(O)c(O)c4c3[C@@H]3C1=CC(=O)[C@](O)(O4)C3(O)O)[C@H](OC(=O)c1cc(O)c(O)c(O)c1)O[C@@H]2COC(=O)c1cc(O)c(O)c(O)c1. The summed E-state index contributed by atoms with van der Waals surface area (Å²) in [5.74, 6) is -34.3. The number of phenolic OH excluding ortho intramolecular Hbond substituents is 11. The number of carbonyl (C=O) groups excluding carboxylic acids is 6. The molecule has 68 heavy (non-hydrogen) atoms. The molecule has 0 amide bonds. The summed E-state index contributed by atoms with van der Waals surface area (Å²) in [6.07, 6.45) is -12.1. The van der Waals surface area contributed by atoms with Crippen molar-refractivity contribution in [2.75, 3.05) is 6.61 Å². The van der Waals surface area contributed by atoms with Gasteiger partial charge in [-0.1, -0.05) is 0 Å². The number of aliphatic hydroxyl groups is 3.